The van der Waals surface area contributed by atoms with Crippen molar-refractivity contribution in [3.8, 4) is 0 Å². The Hall–Kier alpha value is -1.48. The summed E-state index contributed by atoms with van der Waals surface area (Å²) < 4.78 is 32.1. The fourth-order valence-corrected chi connectivity index (χ4v) is 4.02. The van der Waals surface area contributed by atoms with Gasteiger partial charge in [0, 0.05) is 32.7 Å². The number of piperazine rings is 1. The van der Waals surface area contributed by atoms with Gasteiger partial charge in [0.2, 0.25) is 10.0 Å². The average Bonchev–Trinajstić information content (AvgIpc) is 2.58. The number of rotatable bonds is 7. The third kappa shape index (κ3) is 5.01. The standard InChI is InChI=1S/C16H25N3O4S/c1-13-12-14(16(20)23-2)4-5-15(13)24(21,22)18-6-3-9-19-10-7-17-8-11-19/h4-5,12,17-18H,3,6-11H2,1-2H3. The largest absolute Gasteiger partial charge is 0.465 e. The zero-order valence-corrected chi connectivity index (χ0v) is 15.0. The summed E-state index contributed by atoms with van der Waals surface area (Å²) in [4.78, 5) is 14.0. The topological polar surface area (TPSA) is 87.7 Å². The summed E-state index contributed by atoms with van der Waals surface area (Å²) in [5, 5.41) is 3.29. The van der Waals surface area contributed by atoms with E-state index in [-0.39, 0.29) is 4.90 Å². The lowest BCUT2D eigenvalue weighted by atomic mass is 10.1. The minimum Gasteiger partial charge on any atom is -0.465 e. The molecule has 0 aliphatic carbocycles. The second kappa shape index (κ2) is 8.57. The lowest BCUT2D eigenvalue weighted by molar-refractivity contribution is 0.0600. The molecule has 1 aliphatic rings. The van der Waals surface area contributed by atoms with Gasteiger partial charge >= 0.3 is 5.97 Å². The first-order chi connectivity index (χ1) is 11.4. The van der Waals surface area contributed by atoms with Crippen LogP contribution in [0.4, 0.5) is 0 Å². The number of esters is 1. The van der Waals surface area contributed by atoms with Crippen molar-refractivity contribution in [2.45, 2.75) is 18.2 Å². The zero-order chi connectivity index (χ0) is 17.6. The van der Waals surface area contributed by atoms with Gasteiger partial charge in [0.25, 0.3) is 0 Å². The Balaban J connectivity index is 1.91. The maximum absolute atomic E-state index is 12.4. The van der Waals surface area contributed by atoms with Gasteiger partial charge in [-0.15, -0.1) is 0 Å². The van der Waals surface area contributed by atoms with Crippen molar-refractivity contribution in [3.63, 3.8) is 0 Å². The van der Waals surface area contributed by atoms with E-state index < -0.39 is 16.0 Å². The molecule has 24 heavy (non-hydrogen) atoms. The van der Waals surface area contributed by atoms with Gasteiger partial charge in [-0.25, -0.2) is 17.9 Å². The Kier molecular flexibility index (Phi) is 6.73. The van der Waals surface area contributed by atoms with Crippen LogP contribution in [0.1, 0.15) is 22.3 Å². The van der Waals surface area contributed by atoms with Crippen LogP contribution in [0.3, 0.4) is 0 Å². The molecule has 8 heteroatoms. The van der Waals surface area contributed by atoms with Gasteiger partial charge in [-0.2, -0.15) is 0 Å². The van der Waals surface area contributed by atoms with Crippen LogP contribution in [0.2, 0.25) is 0 Å². The van der Waals surface area contributed by atoms with Gasteiger partial charge in [0.05, 0.1) is 17.6 Å². The number of nitrogens with one attached hydrogen (secondary N) is 2. The lowest BCUT2D eigenvalue weighted by Gasteiger charge is -2.27. The van der Waals surface area contributed by atoms with Crippen LogP contribution >= 0.6 is 0 Å². The zero-order valence-electron chi connectivity index (χ0n) is 14.2. The molecule has 0 bridgehead atoms. The van der Waals surface area contributed by atoms with Crippen LogP contribution in [-0.4, -0.2) is 65.7 Å². The molecule has 1 aromatic rings. The molecule has 1 heterocycles. The van der Waals surface area contributed by atoms with Crippen LogP contribution in [-0.2, 0) is 14.8 Å². The van der Waals surface area contributed by atoms with E-state index in [9.17, 15) is 13.2 Å². The van der Waals surface area contributed by atoms with E-state index in [0.717, 1.165) is 39.1 Å². The molecular formula is C16H25N3O4S. The van der Waals surface area contributed by atoms with Crippen molar-refractivity contribution in [1.82, 2.24) is 14.9 Å². The Bertz CT molecular complexity index is 670. The van der Waals surface area contributed by atoms with Crippen LogP contribution < -0.4 is 10.0 Å². The van der Waals surface area contributed by atoms with E-state index in [1.54, 1.807) is 6.92 Å². The van der Waals surface area contributed by atoms with Crippen molar-refractivity contribution in [2.24, 2.45) is 0 Å². The highest BCUT2D eigenvalue weighted by atomic mass is 32.2. The Labute approximate surface area is 143 Å². The van der Waals surface area contributed by atoms with Crippen molar-refractivity contribution in [1.29, 1.82) is 0 Å². The van der Waals surface area contributed by atoms with Gasteiger partial charge in [-0.1, -0.05) is 0 Å². The lowest BCUT2D eigenvalue weighted by Crippen LogP contribution is -2.44. The molecule has 2 N–H and O–H groups in total. The predicted molar refractivity (Wildman–Crippen MR) is 91.6 cm³/mol. The van der Waals surface area contributed by atoms with Crippen LogP contribution in [0.5, 0.6) is 0 Å². The van der Waals surface area contributed by atoms with Crippen LogP contribution in [0, 0.1) is 6.92 Å². The molecule has 1 aromatic carbocycles. The third-order valence-corrected chi connectivity index (χ3v) is 5.66. The maximum Gasteiger partial charge on any atom is 0.337 e. The first-order valence-electron chi connectivity index (χ1n) is 8.06. The molecule has 2 rings (SSSR count). The number of nitrogens with zero attached hydrogens (tertiary/aromatic N) is 1. The van der Waals surface area contributed by atoms with E-state index in [1.807, 2.05) is 0 Å². The fraction of sp³-hybridized carbons (Fsp3) is 0.562. The smallest absolute Gasteiger partial charge is 0.337 e. The molecule has 7 nitrogen and oxygen atoms in total. The first kappa shape index (κ1) is 18.9. The highest BCUT2D eigenvalue weighted by Gasteiger charge is 2.18. The molecule has 1 aliphatic heterocycles. The summed E-state index contributed by atoms with van der Waals surface area (Å²) in [6, 6.07) is 4.44. The Morgan fingerprint density at radius 1 is 1.33 bits per heavy atom. The van der Waals surface area contributed by atoms with E-state index in [2.05, 4.69) is 19.7 Å². The van der Waals surface area contributed by atoms with Gasteiger partial charge in [0.1, 0.15) is 0 Å². The summed E-state index contributed by atoms with van der Waals surface area (Å²) in [5.74, 6) is -0.481. The molecule has 0 aromatic heterocycles. The number of benzene rings is 1. The third-order valence-electron chi connectivity index (χ3n) is 4.04. The van der Waals surface area contributed by atoms with E-state index in [0.29, 0.717) is 17.7 Å². The van der Waals surface area contributed by atoms with E-state index in [4.69, 9.17) is 0 Å². The Morgan fingerprint density at radius 2 is 2.04 bits per heavy atom. The molecule has 134 valence electrons. The number of ether oxygens (including phenoxy) is 1. The SMILES string of the molecule is COC(=O)c1ccc(S(=O)(=O)NCCCN2CCNCC2)c(C)c1. The van der Waals surface area contributed by atoms with E-state index in [1.165, 1.54) is 25.3 Å². The summed E-state index contributed by atoms with van der Waals surface area (Å²) in [6.07, 6.45) is 0.762. The molecule has 0 unspecified atom stereocenters. The van der Waals surface area contributed by atoms with Gasteiger partial charge in [0.15, 0.2) is 0 Å². The molecule has 1 fully saturated rings. The quantitative estimate of drug-likeness (QED) is 0.542. The number of hydrogen-bond donors (Lipinski definition) is 2. The van der Waals surface area contributed by atoms with Crippen molar-refractivity contribution >= 4 is 16.0 Å². The number of carbonyl (C=O) groups is 1. The highest BCUT2D eigenvalue weighted by molar-refractivity contribution is 7.89. The second-order valence-corrected chi connectivity index (χ2v) is 7.55. The molecule has 0 saturated carbocycles. The molecular weight excluding hydrogens is 330 g/mol. The highest BCUT2D eigenvalue weighted by Crippen LogP contribution is 2.17. The van der Waals surface area contributed by atoms with Crippen molar-refractivity contribution in [2.75, 3.05) is 46.4 Å². The number of methoxy groups -OCH3 is 1. The van der Waals surface area contributed by atoms with Crippen LogP contribution in [0.25, 0.3) is 0 Å². The Morgan fingerprint density at radius 3 is 2.67 bits per heavy atom. The minimum atomic E-state index is -3.58. The number of carbonyl (C=O) groups excluding carboxylic acids is 1. The van der Waals surface area contributed by atoms with Crippen molar-refractivity contribution in [3.05, 3.63) is 29.3 Å². The summed E-state index contributed by atoms with van der Waals surface area (Å²) >= 11 is 0. The van der Waals surface area contributed by atoms with Crippen LogP contribution in [0.15, 0.2) is 23.1 Å². The summed E-state index contributed by atoms with van der Waals surface area (Å²) in [6.45, 7) is 6.91. The average molecular weight is 355 g/mol. The van der Waals surface area contributed by atoms with Gasteiger partial charge in [-0.05, 0) is 43.7 Å². The van der Waals surface area contributed by atoms with E-state index >= 15 is 0 Å². The van der Waals surface area contributed by atoms with Gasteiger partial charge in [-0.3, -0.25) is 0 Å². The number of hydrogen-bond acceptors (Lipinski definition) is 6. The molecule has 0 amide bonds. The molecule has 0 atom stereocenters. The van der Waals surface area contributed by atoms with Crippen molar-refractivity contribution < 1.29 is 17.9 Å². The number of sulfonamides is 1. The molecule has 0 spiro atoms. The minimum absolute atomic E-state index is 0.192. The number of aryl methyl sites for hydroxylation is 1. The van der Waals surface area contributed by atoms with Gasteiger partial charge < -0.3 is 15.0 Å². The second-order valence-electron chi connectivity index (χ2n) is 5.81. The maximum atomic E-state index is 12.4. The molecule has 1 saturated heterocycles. The first-order valence-corrected chi connectivity index (χ1v) is 9.54. The molecule has 0 radical (unpaired) electrons. The monoisotopic (exact) mass is 355 g/mol. The summed E-state index contributed by atoms with van der Waals surface area (Å²) in [5.41, 5.74) is 0.861. The summed E-state index contributed by atoms with van der Waals surface area (Å²) in [7, 11) is -2.28. The normalized spacial score (nSPS) is 16.1. The predicted octanol–water partition coefficient (Wildman–Crippen LogP) is 0.355. The fourth-order valence-electron chi connectivity index (χ4n) is 2.72.